The molecule has 0 saturated carbocycles. The molecule has 8 nitrogen and oxygen atoms in total. The summed E-state index contributed by atoms with van der Waals surface area (Å²) in [6.07, 6.45) is 0. The molecule has 12 aromatic carbocycles. The van der Waals surface area contributed by atoms with E-state index in [1.807, 2.05) is 12.1 Å². The van der Waals surface area contributed by atoms with Gasteiger partial charge in [-0.2, -0.15) is 0 Å². The van der Waals surface area contributed by atoms with E-state index >= 15 is 0 Å². The lowest BCUT2D eigenvalue weighted by Crippen LogP contribution is -2.18. The summed E-state index contributed by atoms with van der Waals surface area (Å²) in [5.41, 5.74) is 21.9. The van der Waals surface area contributed by atoms with Crippen LogP contribution in [0.3, 0.4) is 0 Å². The Balaban J connectivity index is 1.17. The molecular weight excluding hydrogens is 1160 g/mol. The number of anilines is 12. The molecular formula is C87H86N4O4. The Hall–Kier alpha value is -10.4. The van der Waals surface area contributed by atoms with E-state index in [0.717, 1.165) is 113 Å². The van der Waals surface area contributed by atoms with E-state index in [2.05, 4.69) is 319 Å². The van der Waals surface area contributed by atoms with Gasteiger partial charge in [0.25, 0.3) is 0 Å². The SMILES string of the molecule is COc1ccc(N(c2ccc(C(C)C)cc2)c2ccc3c(c2)C(C)(C)c2cc4c(N(c5ccc(OC)cc5)c5ccc(C(C)C)cc5)c5ccc(N(c6ccc(OC)cc6)c6ccc(C(C)C)cc6)cc5c(N(c5ccc(OC)cc5)c5ccc(C(C)C)cc5)c4cc2-3)cc1. The molecule has 95 heavy (non-hydrogen) atoms. The van der Waals surface area contributed by atoms with E-state index in [-0.39, 0.29) is 0 Å². The Morgan fingerprint density at radius 1 is 0.242 bits per heavy atom. The third kappa shape index (κ3) is 12.0. The molecule has 0 amide bonds. The van der Waals surface area contributed by atoms with Gasteiger partial charge in [-0.1, -0.05) is 130 Å². The van der Waals surface area contributed by atoms with Crippen LogP contribution in [0.5, 0.6) is 23.0 Å². The van der Waals surface area contributed by atoms with Gasteiger partial charge in [0.2, 0.25) is 0 Å². The number of hydrogen-bond acceptors (Lipinski definition) is 8. The number of benzene rings is 12. The van der Waals surface area contributed by atoms with Gasteiger partial charge >= 0.3 is 0 Å². The molecule has 0 N–H and O–H groups in total. The highest BCUT2D eigenvalue weighted by molar-refractivity contribution is 6.25. The fourth-order valence-electron chi connectivity index (χ4n) is 13.8. The smallest absolute Gasteiger partial charge is 0.119 e. The Morgan fingerprint density at radius 2 is 0.495 bits per heavy atom. The second kappa shape index (κ2) is 26.2. The topological polar surface area (TPSA) is 49.9 Å². The molecule has 0 bridgehead atoms. The molecule has 12 aromatic rings. The van der Waals surface area contributed by atoms with E-state index < -0.39 is 5.41 Å². The van der Waals surface area contributed by atoms with Gasteiger partial charge in [0.05, 0.1) is 39.8 Å². The van der Waals surface area contributed by atoms with Gasteiger partial charge in [-0.25, -0.2) is 0 Å². The first-order chi connectivity index (χ1) is 46.0. The zero-order chi connectivity index (χ0) is 66.4. The average Bonchev–Trinajstić information content (AvgIpc) is 1.66. The van der Waals surface area contributed by atoms with Crippen LogP contribution in [0.15, 0.2) is 243 Å². The van der Waals surface area contributed by atoms with Crippen LogP contribution >= 0.6 is 0 Å². The van der Waals surface area contributed by atoms with Gasteiger partial charge in [-0.15, -0.1) is 0 Å². The minimum Gasteiger partial charge on any atom is -0.497 e. The van der Waals surface area contributed by atoms with Gasteiger partial charge < -0.3 is 38.5 Å². The Labute approximate surface area is 562 Å². The maximum absolute atomic E-state index is 5.91. The summed E-state index contributed by atoms with van der Waals surface area (Å²) in [7, 11) is 6.91. The molecule has 478 valence electrons. The number of methoxy groups -OCH3 is 4. The van der Waals surface area contributed by atoms with Crippen LogP contribution in [0.2, 0.25) is 0 Å². The Bertz CT molecular complexity index is 4690. The van der Waals surface area contributed by atoms with Crippen molar-refractivity contribution in [3.05, 3.63) is 276 Å². The van der Waals surface area contributed by atoms with E-state index in [9.17, 15) is 0 Å². The lowest BCUT2D eigenvalue weighted by molar-refractivity contribution is 0.414. The summed E-state index contributed by atoms with van der Waals surface area (Å²) >= 11 is 0. The first-order valence-electron chi connectivity index (χ1n) is 33.4. The van der Waals surface area contributed by atoms with Gasteiger partial charge in [0.1, 0.15) is 23.0 Å². The van der Waals surface area contributed by atoms with Crippen molar-refractivity contribution >= 4 is 89.8 Å². The van der Waals surface area contributed by atoms with Crippen LogP contribution in [0, 0.1) is 0 Å². The van der Waals surface area contributed by atoms with Gasteiger partial charge in [-0.3, -0.25) is 0 Å². The highest BCUT2D eigenvalue weighted by Crippen LogP contribution is 2.58. The zero-order valence-corrected chi connectivity index (χ0v) is 57.3. The van der Waals surface area contributed by atoms with Crippen LogP contribution in [-0.2, 0) is 5.41 Å². The quantitative estimate of drug-likeness (QED) is 0.0553. The largest absolute Gasteiger partial charge is 0.497 e. The lowest BCUT2D eigenvalue weighted by atomic mass is 9.81. The molecule has 0 aliphatic heterocycles. The first-order valence-corrected chi connectivity index (χ1v) is 33.4. The van der Waals surface area contributed by atoms with Crippen molar-refractivity contribution in [3.63, 3.8) is 0 Å². The summed E-state index contributed by atoms with van der Waals surface area (Å²) < 4.78 is 23.3. The third-order valence-corrected chi connectivity index (χ3v) is 19.4. The number of rotatable bonds is 20. The lowest BCUT2D eigenvalue weighted by Gasteiger charge is -2.34. The molecule has 0 unspecified atom stereocenters. The maximum Gasteiger partial charge on any atom is 0.119 e. The van der Waals surface area contributed by atoms with Crippen molar-refractivity contribution in [2.45, 2.75) is 98.3 Å². The summed E-state index contributed by atoms with van der Waals surface area (Å²) in [6.45, 7) is 22.9. The summed E-state index contributed by atoms with van der Waals surface area (Å²) in [4.78, 5) is 9.72. The molecule has 0 radical (unpaired) electrons. The van der Waals surface area contributed by atoms with Crippen molar-refractivity contribution in [2.24, 2.45) is 0 Å². The maximum atomic E-state index is 5.91. The molecule has 0 fully saturated rings. The predicted molar refractivity (Wildman–Crippen MR) is 400 cm³/mol. The Morgan fingerprint density at radius 3 is 0.821 bits per heavy atom. The minimum absolute atomic E-state index is 0.333. The fraction of sp³-hybridized carbons (Fsp3) is 0.218. The van der Waals surface area contributed by atoms with Crippen LogP contribution in [0.1, 0.15) is 126 Å². The second-order valence-electron chi connectivity index (χ2n) is 26.8. The summed E-state index contributed by atoms with van der Waals surface area (Å²) in [5.74, 6) is 4.61. The standard InChI is InChI=1S/C87H86N4O4/c1-55(2)59-15-23-63(24-16-59)88(65-31-41-73(92-11)42-32-65)71-40-50-78-80(51-71)86(91(70-37-47-76(95-14)48-38-70)68-29-21-62(22-30-68)58(7)8)81-53-79-77-49-39-72(89(66-33-43-74(93-12)44-34-66)64-25-17-60(18-26-64)56(3)4)52-83(77)87(9,10)84(79)54-82(81)85(78)90(69-35-45-75(94-13)46-36-69)67-27-19-61(20-28-67)57(5)6/h15-58H,1-14H3. The van der Waals surface area contributed by atoms with Crippen LogP contribution in [0.4, 0.5) is 68.2 Å². The zero-order valence-electron chi connectivity index (χ0n) is 57.3. The second-order valence-corrected chi connectivity index (χ2v) is 26.8. The van der Waals surface area contributed by atoms with E-state index in [1.54, 1.807) is 28.4 Å². The molecule has 0 atom stereocenters. The number of nitrogens with zero attached hydrogens (tertiary/aromatic N) is 4. The third-order valence-electron chi connectivity index (χ3n) is 19.4. The molecule has 0 heterocycles. The highest BCUT2D eigenvalue weighted by atomic mass is 16.5. The normalized spacial score (nSPS) is 12.4. The van der Waals surface area contributed by atoms with E-state index in [1.165, 1.54) is 44.5 Å². The molecule has 0 aromatic heterocycles. The summed E-state index contributed by atoms with van der Waals surface area (Å²) in [6, 6.07) is 89.7. The monoisotopic (exact) mass is 1250 g/mol. The Kier molecular flexibility index (Phi) is 17.4. The van der Waals surface area contributed by atoms with Crippen molar-refractivity contribution < 1.29 is 18.9 Å². The molecule has 8 heteroatoms. The fourth-order valence-corrected chi connectivity index (χ4v) is 13.8. The van der Waals surface area contributed by atoms with E-state index in [0.29, 0.717) is 23.7 Å². The van der Waals surface area contributed by atoms with Crippen molar-refractivity contribution in [2.75, 3.05) is 48.0 Å². The molecule has 1 aliphatic carbocycles. The van der Waals surface area contributed by atoms with Crippen LogP contribution < -0.4 is 38.5 Å². The van der Waals surface area contributed by atoms with Crippen molar-refractivity contribution in [1.82, 2.24) is 0 Å². The highest BCUT2D eigenvalue weighted by Gasteiger charge is 2.39. The number of fused-ring (bicyclic) bond motifs is 5. The molecule has 1 aliphatic rings. The minimum atomic E-state index is -0.464. The predicted octanol–water partition coefficient (Wildman–Crippen LogP) is 24.7. The molecule has 13 rings (SSSR count). The van der Waals surface area contributed by atoms with Crippen molar-refractivity contribution in [3.8, 4) is 34.1 Å². The van der Waals surface area contributed by atoms with Crippen LogP contribution in [0.25, 0.3) is 32.7 Å². The van der Waals surface area contributed by atoms with Gasteiger partial charge in [0, 0.05) is 83.8 Å². The average molecular weight is 1250 g/mol. The molecule has 0 saturated heterocycles. The van der Waals surface area contributed by atoms with E-state index in [4.69, 9.17) is 18.9 Å². The number of ether oxygens (including phenoxy) is 4. The number of hydrogen-bond donors (Lipinski definition) is 0. The first kappa shape index (κ1) is 63.3. The van der Waals surface area contributed by atoms with Crippen LogP contribution in [-0.4, -0.2) is 28.4 Å². The summed E-state index contributed by atoms with van der Waals surface area (Å²) in [5, 5.41) is 4.30. The van der Waals surface area contributed by atoms with Gasteiger partial charge in [0.15, 0.2) is 0 Å². The molecule has 0 spiro atoms. The van der Waals surface area contributed by atoms with Crippen molar-refractivity contribution in [1.29, 1.82) is 0 Å². The van der Waals surface area contributed by atoms with Gasteiger partial charge in [-0.05, 0) is 250 Å².